The molecule has 0 unspecified atom stereocenters. The Bertz CT molecular complexity index is 703. The van der Waals surface area contributed by atoms with Crippen LogP contribution in [0.5, 0.6) is 0 Å². The third kappa shape index (κ3) is 4.11. The minimum Gasteiger partial charge on any atom is -0.444 e. The molecule has 1 aliphatic heterocycles. The number of amides is 1. The Kier molecular flexibility index (Phi) is 5.11. The van der Waals surface area contributed by atoms with Crippen LogP contribution in [-0.4, -0.2) is 56.2 Å². The van der Waals surface area contributed by atoms with Gasteiger partial charge in [0.15, 0.2) is 6.10 Å². The number of nitrogens with zero attached hydrogens (tertiary/aromatic N) is 2. The van der Waals surface area contributed by atoms with Crippen LogP contribution in [0.1, 0.15) is 27.0 Å². The van der Waals surface area contributed by atoms with Gasteiger partial charge in [-0.25, -0.2) is 9.59 Å². The summed E-state index contributed by atoms with van der Waals surface area (Å²) in [6.07, 6.45) is -5.86. The van der Waals surface area contributed by atoms with Gasteiger partial charge in [-0.1, -0.05) is 0 Å². The first-order chi connectivity index (χ1) is 11.5. The minimum absolute atomic E-state index is 0.198. The second kappa shape index (κ2) is 6.65. The first-order valence-corrected chi connectivity index (χ1v) is 7.37. The zero-order chi connectivity index (χ0) is 19.0. The molecule has 140 valence electrons. The van der Waals surface area contributed by atoms with Gasteiger partial charge in [-0.15, -0.1) is 0 Å². The molecule has 1 aliphatic rings. The van der Waals surface area contributed by atoms with Crippen LogP contribution in [0.3, 0.4) is 0 Å². The second-order valence-corrected chi connectivity index (χ2v) is 6.46. The van der Waals surface area contributed by atoms with Crippen molar-refractivity contribution >= 4 is 11.9 Å². The summed E-state index contributed by atoms with van der Waals surface area (Å²) in [5.41, 5.74) is -1.90. The Hall–Kier alpha value is -2.11. The van der Waals surface area contributed by atoms with Crippen molar-refractivity contribution in [2.45, 2.75) is 50.7 Å². The number of nitrogens with one attached hydrogen (secondary N) is 1. The molecular formula is C14H19F2N3O6. The molecule has 0 aliphatic carbocycles. The van der Waals surface area contributed by atoms with Crippen LogP contribution in [0.15, 0.2) is 17.1 Å². The van der Waals surface area contributed by atoms with Crippen molar-refractivity contribution in [3.8, 4) is 0 Å². The molecule has 0 spiro atoms. The Morgan fingerprint density at radius 2 is 2.16 bits per heavy atom. The zero-order valence-corrected chi connectivity index (χ0v) is 13.8. The van der Waals surface area contributed by atoms with E-state index in [0.717, 1.165) is 12.3 Å². The number of ether oxygens (including phenoxy) is 2. The molecule has 0 radical (unpaired) electrons. The van der Waals surface area contributed by atoms with Gasteiger partial charge in [-0.3, -0.25) is 9.88 Å². The lowest BCUT2D eigenvalue weighted by Gasteiger charge is -2.21. The number of aliphatic hydroxyl groups is 2. The van der Waals surface area contributed by atoms with E-state index in [1.54, 1.807) is 20.8 Å². The number of rotatable bonds is 3. The highest BCUT2D eigenvalue weighted by molar-refractivity contribution is 5.83. The predicted octanol–water partition coefficient (Wildman–Crippen LogP) is 0.476. The van der Waals surface area contributed by atoms with Crippen molar-refractivity contribution in [1.29, 1.82) is 0 Å². The average Bonchev–Trinajstić information content (AvgIpc) is 2.68. The van der Waals surface area contributed by atoms with Gasteiger partial charge in [-0.2, -0.15) is 13.8 Å². The molecule has 9 nitrogen and oxygen atoms in total. The van der Waals surface area contributed by atoms with E-state index in [-0.39, 0.29) is 5.82 Å². The first-order valence-electron chi connectivity index (χ1n) is 7.37. The lowest BCUT2D eigenvalue weighted by molar-refractivity contribution is -0.140. The first kappa shape index (κ1) is 19.2. The molecule has 1 saturated heterocycles. The average molecular weight is 363 g/mol. The number of alkyl halides is 2. The Balaban J connectivity index is 2.20. The maximum Gasteiger partial charge on any atom is 0.413 e. The van der Waals surface area contributed by atoms with Gasteiger partial charge in [0, 0.05) is 6.20 Å². The third-order valence-electron chi connectivity index (χ3n) is 3.27. The fraction of sp³-hybridized carbons (Fsp3) is 0.643. The number of anilines is 1. The number of carbonyl (C=O) groups excluding carboxylic acids is 1. The van der Waals surface area contributed by atoms with Gasteiger partial charge in [0.25, 0.3) is 0 Å². The Morgan fingerprint density at radius 1 is 1.52 bits per heavy atom. The highest BCUT2D eigenvalue weighted by atomic mass is 19.3. The lowest BCUT2D eigenvalue weighted by atomic mass is 10.1. The largest absolute Gasteiger partial charge is 0.444 e. The highest BCUT2D eigenvalue weighted by Gasteiger charge is 2.59. The molecule has 1 amide bonds. The molecule has 0 bridgehead atoms. The molecule has 0 saturated carbocycles. The molecule has 3 N–H and O–H groups in total. The number of carbonyl (C=O) groups is 1. The van der Waals surface area contributed by atoms with E-state index in [2.05, 4.69) is 10.3 Å². The van der Waals surface area contributed by atoms with Gasteiger partial charge < -0.3 is 19.7 Å². The van der Waals surface area contributed by atoms with Crippen LogP contribution in [0.4, 0.5) is 19.4 Å². The van der Waals surface area contributed by atoms with Crippen LogP contribution >= 0.6 is 0 Å². The summed E-state index contributed by atoms with van der Waals surface area (Å²) >= 11 is 0. The molecule has 3 atom stereocenters. The summed E-state index contributed by atoms with van der Waals surface area (Å²) < 4.78 is 38.4. The van der Waals surface area contributed by atoms with Crippen molar-refractivity contribution in [3.05, 3.63) is 22.7 Å². The predicted molar refractivity (Wildman–Crippen MR) is 80.3 cm³/mol. The maximum atomic E-state index is 14.0. The molecule has 2 heterocycles. The highest BCUT2D eigenvalue weighted by Crippen LogP contribution is 2.41. The molecule has 11 heteroatoms. The summed E-state index contributed by atoms with van der Waals surface area (Å²) in [6, 6.07) is 1.10. The normalized spacial score (nSPS) is 25.6. The molecule has 0 aromatic carbocycles. The van der Waals surface area contributed by atoms with Crippen molar-refractivity contribution in [3.63, 3.8) is 0 Å². The molecule has 25 heavy (non-hydrogen) atoms. The number of hydrogen-bond acceptors (Lipinski definition) is 7. The number of aromatic nitrogens is 2. The van der Waals surface area contributed by atoms with Crippen LogP contribution in [-0.2, 0) is 9.47 Å². The smallest absolute Gasteiger partial charge is 0.413 e. The summed E-state index contributed by atoms with van der Waals surface area (Å²) in [5.74, 6) is -4.00. The SMILES string of the molecule is CC(C)(C)OC(=O)Nc1ccn([C@@H]2O[C@H](CO)[C@@H](O)C2(F)F)c(=O)n1. The number of aliphatic hydroxyl groups excluding tert-OH is 2. The van der Waals surface area contributed by atoms with Gasteiger partial charge in [0.1, 0.15) is 17.5 Å². The van der Waals surface area contributed by atoms with Gasteiger partial charge in [0.05, 0.1) is 6.61 Å². The van der Waals surface area contributed by atoms with Crippen molar-refractivity contribution in [1.82, 2.24) is 9.55 Å². The Labute approximate surface area is 141 Å². The van der Waals surface area contributed by atoms with E-state index in [4.69, 9.17) is 14.6 Å². The minimum atomic E-state index is -3.81. The van der Waals surface area contributed by atoms with E-state index >= 15 is 0 Å². The number of halogens is 2. The molecule has 1 aromatic heterocycles. The monoisotopic (exact) mass is 363 g/mol. The molecule has 1 aromatic rings. The van der Waals surface area contributed by atoms with Crippen LogP contribution < -0.4 is 11.0 Å². The topological polar surface area (TPSA) is 123 Å². The van der Waals surface area contributed by atoms with E-state index in [0.29, 0.717) is 4.57 Å². The molecular weight excluding hydrogens is 344 g/mol. The van der Waals surface area contributed by atoms with Gasteiger partial charge >= 0.3 is 17.7 Å². The lowest BCUT2D eigenvalue weighted by Crippen LogP contribution is -2.41. The quantitative estimate of drug-likeness (QED) is 0.713. The standard InChI is InChI=1S/C14H19F2N3O6/c1-13(2,3)25-12(23)18-8-4-5-19(11(22)17-8)10-14(15,16)9(21)7(6-20)24-10/h4-5,7,9-10,20-21H,6H2,1-3H3,(H,17,18,22,23)/t7-,9-,10-/m1/s1. The molecule has 1 fully saturated rings. The van der Waals surface area contributed by atoms with E-state index in [1.807, 2.05) is 0 Å². The summed E-state index contributed by atoms with van der Waals surface area (Å²) in [5, 5.41) is 20.6. The van der Waals surface area contributed by atoms with E-state index in [9.17, 15) is 23.5 Å². The van der Waals surface area contributed by atoms with Crippen LogP contribution in [0, 0.1) is 0 Å². The van der Waals surface area contributed by atoms with Crippen molar-refractivity contribution < 1.29 is 33.3 Å². The summed E-state index contributed by atoms with van der Waals surface area (Å²) in [4.78, 5) is 27.1. The van der Waals surface area contributed by atoms with Crippen LogP contribution in [0.25, 0.3) is 0 Å². The summed E-state index contributed by atoms with van der Waals surface area (Å²) in [7, 11) is 0. The fourth-order valence-corrected chi connectivity index (χ4v) is 2.19. The van der Waals surface area contributed by atoms with Crippen LogP contribution in [0.2, 0.25) is 0 Å². The third-order valence-corrected chi connectivity index (χ3v) is 3.27. The van der Waals surface area contributed by atoms with E-state index < -0.39 is 48.3 Å². The zero-order valence-electron chi connectivity index (χ0n) is 13.8. The van der Waals surface area contributed by atoms with Gasteiger partial charge in [-0.05, 0) is 26.8 Å². The molecule has 2 rings (SSSR count). The van der Waals surface area contributed by atoms with E-state index in [1.165, 1.54) is 0 Å². The van der Waals surface area contributed by atoms with Crippen molar-refractivity contribution in [2.75, 3.05) is 11.9 Å². The maximum absolute atomic E-state index is 14.0. The second-order valence-electron chi connectivity index (χ2n) is 6.46. The summed E-state index contributed by atoms with van der Waals surface area (Å²) in [6.45, 7) is 4.08. The van der Waals surface area contributed by atoms with Gasteiger partial charge in [0.2, 0.25) is 6.23 Å². The number of hydrogen-bond donors (Lipinski definition) is 3. The Morgan fingerprint density at radius 3 is 2.64 bits per heavy atom. The fourth-order valence-electron chi connectivity index (χ4n) is 2.19. The van der Waals surface area contributed by atoms with Crippen molar-refractivity contribution in [2.24, 2.45) is 0 Å².